The average molecular weight is 241 g/mol. The van der Waals surface area contributed by atoms with E-state index in [0.717, 1.165) is 24.8 Å². The van der Waals surface area contributed by atoms with E-state index in [-0.39, 0.29) is 0 Å². The second-order valence-electron chi connectivity index (χ2n) is 5.52. The number of nitrogens with one attached hydrogen (secondary N) is 1. The Balaban J connectivity index is 1.46. The van der Waals surface area contributed by atoms with Crippen LogP contribution in [0.4, 0.5) is 0 Å². The van der Waals surface area contributed by atoms with Crippen molar-refractivity contribution in [1.82, 2.24) is 5.32 Å². The molecule has 3 nitrogen and oxygen atoms in total. The highest BCUT2D eigenvalue weighted by Crippen LogP contribution is 2.42. The van der Waals surface area contributed by atoms with Crippen molar-refractivity contribution in [1.29, 1.82) is 0 Å². The summed E-state index contributed by atoms with van der Waals surface area (Å²) in [6, 6.07) is 0.618. The quantitative estimate of drug-likeness (QED) is 0.749. The molecule has 3 rings (SSSR count). The van der Waals surface area contributed by atoms with Crippen molar-refractivity contribution < 1.29 is 8.42 Å². The summed E-state index contributed by atoms with van der Waals surface area (Å²) >= 11 is 0. The molecule has 4 atom stereocenters. The fourth-order valence-corrected chi connectivity index (χ4v) is 5.16. The first-order chi connectivity index (χ1) is 7.64. The van der Waals surface area contributed by atoms with E-state index in [1.54, 1.807) is 0 Å². The lowest BCUT2D eigenvalue weighted by molar-refractivity contribution is 0.159. The van der Waals surface area contributed by atoms with E-state index in [4.69, 9.17) is 0 Å². The van der Waals surface area contributed by atoms with Crippen LogP contribution < -0.4 is 5.32 Å². The van der Waals surface area contributed by atoms with Crippen LogP contribution in [0.2, 0.25) is 0 Å². The molecule has 1 saturated carbocycles. The molecule has 0 aromatic rings. The lowest BCUT2D eigenvalue weighted by atomic mass is 9.71. The molecule has 2 fully saturated rings. The molecule has 2 aliphatic carbocycles. The zero-order valence-electron chi connectivity index (χ0n) is 9.43. The van der Waals surface area contributed by atoms with E-state index in [9.17, 15) is 8.42 Å². The second-order valence-corrected chi connectivity index (χ2v) is 7.75. The first-order valence-electron chi connectivity index (χ1n) is 6.24. The van der Waals surface area contributed by atoms with E-state index in [2.05, 4.69) is 17.5 Å². The maximum atomic E-state index is 11.3. The molecular formula is C12H19NO2S. The normalized spacial score (nSPS) is 44.2. The highest BCUT2D eigenvalue weighted by atomic mass is 32.2. The van der Waals surface area contributed by atoms with Gasteiger partial charge in [0.1, 0.15) is 0 Å². The molecule has 16 heavy (non-hydrogen) atoms. The molecule has 1 saturated heterocycles. The van der Waals surface area contributed by atoms with Crippen LogP contribution in [0.1, 0.15) is 19.3 Å². The molecule has 4 unspecified atom stereocenters. The largest absolute Gasteiger partial charge is 0.313 e. The summed E-state index contributed by atoms with van der Waals surface area (Å²) in [5, 5.41) is 3.55. The molecule has 0 aromatic carbocycles. The van der Waals surface area contributed by atoms with Gasteiger partial charge in [-0.3, -0.25) is 0 Å². The topological polar surface area (TPSA) is 46.2 Å². The first kappa shape index (κ1) is 10.8. The molecule has 0 amide bonds. The van der Waals surface area contributed by atoms with Crippen molar-refractivity contribution >= 4 is 9.84 Å². The van der Waals surface area contributed by atoms with E-state index >= 15 is 0 Å². The minimum atomic E-state index is -2.70. The van der Waals surface area contributed by atoms with Crippen molar-refractivity contribution in [2.45, 2.75) is 25.3 Å². The third-order valence-electron chi connectivity index (χ3n) is 4.36. The molecule has 1 N–H and O–H groups in total. The Morgan fingerprint density at radius 1 is 1.38 bits per heavy atom. The number of hydrogen-bond donors (Lipinski definition) is 1. The molecule has 1 heterocycles. The van der Waals surface area contributed by atoms with Gasteiger partial charge in [0.15, 0.2) is 9.84 Å². The van der Waals surface area contributed by atoms with Gasteiger partial charge < -0.3 is 5.32 Å². The summed E-state index contributed by atoms with van der Waals surface area (Å²) in [5.74, 6) is 2.77. The molecule has 0 radical (unpaired) electrons. The van der Waals surface area contributed by atoms with Gasteiger partial charge in [0.25, 0.3) is 0 Å². The Kier molecular flexibility index (Phi) is 2.59. The molecule has 4 heteroatoms. The molecule has 90 valence electrons. The second kappa shape index (κ2) is 3.84. The van der Waals surface area contributed by atoms with Gasteiger partial charge in [0, 0.05) is 6.04 Å². The number of allylic oxidation sites excluding steroid dienone is 1. The molecule has 0 spiro atoms. The maximum absolute atomic E-state index is 11.3. The Bertz CT molecular complexity index is 401. The molecule has 0 bridgehead atoms. The van der Waals surface area contributed by atoms with Gasteiger partial charge in [-0.1, -0.05) is 12.2 Å². The van der Waals surface area contributed by atoms with Crippen LogP contribution in [0.15, 0.2) is 12.2 Å². The van der Waals surface area contributed by atoms with Crippen molar-refractivity contribution in [2.75, 3.05) is 18.1 Å². The van der Waals surface area contributed by atoms with Gasteiger partial charge in [-0.25, -0.2) is 8.42 Å². The average Bonchev–Trinajstić information content (AvgIpc) is 2.71. The smallest absolute Gasteiger partial charge is 0.150 e. The van der Waals surface area contributed by atoms with Crippen LogP contribution in [-0.2, 0) is 9.84 Å². The van der Waals surface area contributed by atoms with E-state index in [1.165, 1.54) is 12.8 Å². The predicted molar refractivity (Wildman–Crippen MR) is 63.9 cm³/mol. The van der Waals surface area contributed by atoms with Crippen LogP contribution >= 0.6 is 0 Å². The number of rotatable bonds is 3. The van der Waals surface area contributed by atoms with Crippen LogP contribution in [0, 0.1) is 17.8 Å². The predicted octanol–water partition coefficient (Wildman–Crippen LogP) is 0.975. The SMILES string of the molecule is O=S1(=O)CCC(CNC2CC3CC=CC32)C1. The van der Waals surface area contributed by atoms with Gasteiger partial charge in [-0.15, -0.1) is 0 Å². The Labute approximate surface area is 97.2 Å². The molecular weight excluding hydrogens is 222 g/mol. The van der Waals surface area contributed by atoms with Crippen molar-refractivity contribution in [3.8, 4) is 0 Å². The molecule has 1 aliphatic heterocycles. The highest BCUT2D eigenvalue weighted by molar-refractivity contribution is 7.91. The zero-order valence-corrected chi connectivity index (χ0v) is 10.2. The maximum Gasteiger partial charge on any atom is 0.150 e. The summed E-state index contributed by atoms with van der Waals surface area (Å²) in [5.41, 5.74) is 0. The monoisotopic (exact) mass is 241 g/mol. The zero-order chi connectivity index (χ0) is 11.2. The van der Waals surface area contributed by atoms with Crippen LogP contribution in [0.25, 0.3) is 0 Å². The fraction of sp³-hybridized carbons (Fsp3) is 0.833. The minimum Gasteiger partial charge on any atom is -0.313 e. The van der Waals surface area contributed by atoms with Crippen molar-refractivity contribution in [3.63, 3.8) is 0 Å². The summed E-state index contributed by atoms with van der Waals surface area (Å²) in [6.45, 7) is 0.890. The van der Waals surface area contributed by atoms with Gasteiger partial charge >= 0.3 is 0 Å². The lowest BCUT2D eigenvalue weighted by Crippen LogP contribution is -2.49. The summed E-state index contributed by atoms with van der Waals surface area (Å²) in [7, 11) is -2.70. The van der Waals surface area contributed by atoms with E-state index in [1.807, 2.05) is 0 Å². The summed E-state index contributed by atoms with van der Waals surface area (Å²) in [6.07, 6.45) is 8.00. The Morgan fingerprint density at radius 3 is 2.94 bits per heavy atom. The minimum absolute atomic E-state index is 0.356. The van der Waals surface area contributed by atoms with Gasteiger partial charge in [-0.2, -0.15) is 0 Å². The van der Waals surface area contributed by atoms with E-state index < -0.39 is 9.84 Å². The van der Waals surface area contributed by atoms with Gasteiger partial charge in [0.2, 0.25) is 0 Å². The third kappa shape index (κ3) is 1.93. The summed E-state index contributed by atoms with van der Waals surface area (Å²) in [4.78, 5) is 0. The number of sulfone groups is 1. The van der Waals surface area contributed by atoms with Crippen molar-refractivity contribution in [2.24, 2.45) is 17.8 Å². The Hall–Kier alpha value is -0.350. The lowest BCUT2D eigenvalue weighted by Gasteiger charge is -2.41. The number of hydrogen-bond acceptors (Lipinski definition) is 3. The number of fused-ring (bicyclic) bond motifs is 1. The van der Waals surface area contributed by atoms with Crippen LogP contribution in [0.3, 0.4) is 0 Å². The molecule has 3 aliphatic rings. The van der Waals surface area contributed by atoms with Crippen LogP contribution in [0.5, 0.6) is 0 Å². The third-order valence-corrected chi connectivity index (χ3v) is 6.20. The standard InChI is InChI=1S/C12H19NO2S/c14-16(15)5-4-9(8-16)7-13-12-6-10-2-1-3-11(10)12/h1,3,9-13H,2,4-8H2. The van der Waals surface area contributed by atoms with Gasteiger partial charge in [0.05, 0.1) is 11.5 Å². The van der Waals surface area contributed by atoms with Crippen LogP contribution in [-0.4, -0.2) is 32.5 Å². The Morgan fingerprint density at radius 2 is 2.25 bits per heavy atom. The summed E-state index contributed by atoms with van der Waals surface area (Å²) < 4.78 is 22.6. The van der Waals surface area contributed by atoms with Gasteiger partial charge in [-0.05, 0) is 43.6 Å². The highest BCUT2D eigenvalue weighted by Gasteiger charge is 2.41. The van der Waals surface area contributed by atoms with Crippen molar-refractivity contribution in [3.05, 3.63) is 12.2 Å². The molecule has 0 aromatic heterocycles. The fourth-order valence-electron chi connectivity index (χ4n) is 3.30. The van der Waals surface area contributed by atoms with E-state index in [0.29, 0.717) is 23.5 Å². The first-order valence-corrected chi connectivity index (χ1v) is 8.07.